The van der Waals surface area contributed by atoms with Gasteiger partial charge in [0.1, 0.15) is 5.52 Å². The van der Waals surface area contributed by atoms with Gasteiger partial charge >= 0.3 is 0 Å². The second-order valence-electron chi connectivity index (χ2n) is 2.55. The van der Waals surface area contributed by atoms with Crippen molar-refractivity contribution in [3.05, 3.63) is 29.1 Å². The third kappa shape index (κ3) is 2.07. The van der Waals surface area contributed by atoms with Crippen LogP contribution in [0.2, 0.25) is 5.02 Å². The van der Waals surface area contributed by atoms with Crippen molar-refractivity contribution >= 4 is 22.7 Å². The number of hydrogen-bond acceptors (Lipinski definition) is 2. The van der Waals surface area contributed by atoms with Crippen LogP contribution in [-0.4, -0.2) is 4.98 Å². The average molecular weight is 212 g/mol. The van der Waals surface area contributed by atoms with Crippen LogP contribution in [-0.2, 0) is 6.42 Å². The van der Waals surface area contributed by atoms with Crippen LogP contribution >= 0.6 is 11.6 Å². The van der Waals surface area contributed by atoms with E-state index < -0.39 is 0 Å². The molecule has 0 saturated carbocycles. The van der Waals surface area contributed by atoms with E-state index in [1.165, 1.54) is 0 Å². The average Bonchev–Trinajstić information content (AvgIpc) is 2.65. The van der Waals surface area contributed by atoms with Crippen LogP contribution in [0.25, 0.3) is 11.1 Å². The summed E-state index contributed by atoms with van der Waals surface area (Å²) in [7, 11) is 0. The lowest BCUT2D eigenvalue weighted by Gasteiger charge is -1.87. The van der Waals surface area contributed by atoms with Gasteiger partial charge in [0.15, 0.2) is 11.5 Å². The quantitative estimate of drug-likeness (QED) is 0.711. The molecule has 76 valence electrons. The SMILES string of the molecule is CC.CCc1nc2cccc(Cl)c2o1. The summed E-state index contributed by atoms with van der Waals surface area (Å²) in [4.78, 5) is 4.24. The molecule has 2 rings (SSSR count). The predicted molar refractivity (Wildman–Crippen MR) is 59.7 cm³/mol. The van der Waals surface area contributed by atoms with Crippen molar-refractivity contribution in [2.24, 2.45) is 0 Å². The first kappa shape index (κ1) is 11.1. The lowest BCUT2D eigenvalue weighted by molar-refractivity contribution is 0.538. The van der Waals surface area contributed by atoms with Gasteiger partial charge in [0.25, 0.3) is 0 Å². The maximum Gasteiger partial charge on any atom is 0.195 e. The van der Waals surface area contributed by atoms with E-state index in [1.54, 1.807) is 6.07 Å². The number of nitrogens with zero attached hydrogens (tertiary/aromatic N) is 1. The van der Waals surface area contributed by atoms with Crippen LogP contribution in [0.1, 0.15) is 26.7 Å². The smallest absolute Gasteiger partial charge is 0.195 e. The molecular formula is C11H14ClNO. The van der Waals surface area contributed by atoms with Gasteiger partial charge in [0, 0.05) is 6.42 Å². The maximum atomic E-state index is 5.89. The molecule has 0 saturated heterocycles. The molecule has 0 aliphatic rings. The number of oxazole rings is 1. The molecule has 0 amide bonds. The Kier molecular flexibility index (Phi) is 3.96. The fraction of sp³-hybridized carbons (Fsp3) is 0.364. The minimum absolute atomic E-state index is 0.625. The topological polar surface area (TPSA) is 26.0 Å². The third-order valence-corrected chi connectivity index (χ3v) is 2.01. The monoisotopic (exact) mass is 211 g/mol. The van der Waals surface area contributed by atoms with Gasteiger partial charge in [-0.1, -0.05) is 38.4 Å². The number of hydrogen-bond donors (Lipinski definition) is 0. The summed E-state index contributed by atoms with van der Waals surface area (Å²) in [6.45, 7) is 6.00. The number of aryl methyl sites for hydroxylation is 1. The van der Waals surface area contributed by atoms with Gasteiger partial charge in [-0.25, -0.2) is 4.98 Å². The Morgan fingerprint density at radius 1 is 1.36 bits per heavy atom. The highest BCUT2D eigenvalue weighted by Crippen LogP contribution is 2.23. The van der Waals surface area contributed by atoms with E-state index in [1.807, 2.05) is 32.9 Å². The minimum atomic E-state index is 0.625. The van der Waals surface area contributed by atoms with Crippen molar-refractivity contribution in [2.75, 3.05) is 0 Å². The lowest BCUT2D eigenvalue weighted by atomic mass is 10.3. The molecule has 1 aromatic heterocycles. The Hall–Kier alpha value is -1.02. The van der Waals surface area contributed by atoms with Crippen LogP contribution in [0.5, 0.6) is 0 Å². The van der Waals surface area contributed by atoms with E-state index in [4.69, 9.17) is 16.0 Å². The minimum Gasteiger partial charge on any atom is -0.439 e. The van der Waals surface area contributed by atoms with Crippen LogP contribution in [0, 0.1) is 0 Å². The molecule has 2 nitrogen and oxygen atoms in total. The van der Waals surface area contributed by atoms with Gasteiger partial charge in [-0.15, -0.1) is 0 Å². The van der Waals surface area contributed by atoms with Gasteiger partial charge in [-0.3, -0.25) is 0 Å². The van der Waals surface area contributed by atoms with Crippen molar-refractivity contribution in [2.45, 2.75) is 27.2 Å². The Labute approximate surface area is 88.9 Å². The fourth-order valence-corrected chi connectivity index (χ4v) is 1.32. The molecule has 0 N–H and O–H groups in total. The molecule has 0 bridgehead atoms. The summed E-state index contributed by atoms with van der Waals surface area (Å²) in [5.74, 6) is 0.734. The molecule has 0 unspecified atom stereocenters. The Balaban J connectivity index is 0.000000461. The zero-order valence-electron chi connectivity index (χ0n) is 8.67. The standard InChI is InChI=1S/C9H8ClNO.C2H6/c1-2-8-11-7-5-3-4-6(10)9(7)12-8;1-2/h3-5H,2H2,1H3;1-2H3. The zero-order valence-corrected chi connectivity index (χ0v) is 9.43. The second kappa shape index (κ2) is 5.01. The van der Waals surface area contributed by atoms with Gasteiger partial charge in [0.05, 0.1) is 5.02 Å². The summed E-state index contributed by atoms with van der Waals surface area (Å²) in [5, 5.41) is 0.625. The number of benzene rings is 1. The van der Waals surface area contributed by atoms with E-state index >= 15 is 0 Å². The molecule has 0 radical (unpaired) electrons. The molecule has 0 fully saturated rings. The number of rotatable bonds is 1. The Morgan fingerprint density at radius 2 is 2.07 bits per heavy atom. The Morgan fingerprint density at radius 3 is 2.64 bits per heavy atom. The molecular weight excluding hydrogens is 198 g/mol. The van der Waals surface area contributed by atoms with E-state index in [0.29, 0.717) is 10.6 Å². The van der Waals surface area contributed by atoms with E-state index in [0.717, 1.165) is 17.8 Å². The molecule has 1 aromatic carbocycles. The fourth-order valence-electron chi connectivity index (χ4n) is 1.11. The molecule has 0 atom stereocenters. The molecule has 2 aromatic rings. The van der Waals surface area contributed by atoms with E-state index in [-0.39, 0.29) is 0 Å². The Bertz CT molecular complexity index is 409. The summed E-state index contributed by atoms with van der Waals surface area (Å²) in [6, 6.07) is 5.56. The first-order chi connectivity index (χ1) is 6.81. The summed E-state index contributed by atoms with van der Waals surface area (Å²) >= 11 is 5.89. The first-order valence-corrected chi connectivity index (χ1v) is 5.23. The molecule has 14 heavy (non-hydrogen) atoms. The highest BCUT2D eigenvalue weighted by molar-refractivity contribution is 6.34. The predicted octanol–water partition coefficient (Wildman–Crippen LogP) is 4.07. The first-order valence-electron chi connectivity index (χ1n) is 4.85. The van der Waals surface area contributed by atoms with Crippen molar-refractivity contribution in [1.82, 2.24) is 4.98 Å². The zero-order chi connectivity index (χ0) is 10.6. The van der Waals surface area contributed by atoms with Crippen molar-refractivity contribution in [3.8, 4) is 0 Å². The molecule has 0 aliphatic carbocycles. The van der Waals surface area contributed by atoms with Crippen molar-refractivity contribution in [1.29, 1.82) is 0 Å². The van der Waals surface area contributed by atoms with Crippen molar-refractivity contribution in [3.63, 3.8) is 0 Å². The largest absolute Gasteiger partial charge is 0.439 e. The van der Waals surface area contributed by atoms with Gasteiger partial charge in [-0.2, -0.15) is 0 Å². The summed E-state index contributed by atoms with van der Waals surface area (Å²) < 4.78 is 5.40. The normalized spacial score (nSPS) is 9.71. The molecule has 1 heterocycles. The van der Waals surface area contributed by atoms with Gasteiger partial charge in [-0.05, 0) is 12.1 Å². The lowest BCUT2D eigenvalue weighted by Crippen LogP contribution is -1.74. The van der Waals surface area contributed by atoms with Crippen LogP contribution < -0.4 is 0 Å². The van der Waals surface area contributed by atoms with E-state index in [9.17, 15) is 0 Å². The van der Waals surface area contributed by atoms with E-state index in [2.05, 4.69) is 4.98 Å². The highest BCUT2D eigenvalue weighted by Gasteiger charge is 2.05. The molecule has 0 aliphatic heterocycles. The van der Waals surface area contributed by atoms with Crippen molar-refractivity contribution < 1.29 is 4.42 Å². The summed E-state index contributed by atoms with van der Waals surface area (Å²) in [5.41, 5.74) is 1.52. The number of aromatic nitrogens is 1. The number of para-hydroxylation sites is 1. The second-order valence-corrected chi connectivity index (χ2v) is 2.96. The van der Waals surface area contributed by atoms with Gasteiger partial charge < -0.3 is 4.42 Å². The number of fused-ring (bicyclic) bond motifs is 1. The maximum absolute atomic E-state index is 5.89. The molecule has 0 spiro atoms. The van der Waals surface area contributed by atoms with Crippen LogP contribution in [0.4, 0.5) is 0 Å². The highest BCUT2D eigenvalue weighted by atomic mass is 35.5. The van der Waals surface area contributed by atoms with Crippen LogP contribution in [0.3, 0.4) is 0 Å². The molecule has 3 heteroatoms. The number of halogens is 1. The van der Waals surface area contributed by atoms with Gasteiger partial charge in [0.2, 0.25) is 0 Å². The summed E-state index contributed by atoms with van der Waals surface area (Å²) in [6.07, 6.45) is 0.797. The van der Waals surface area contributed by atoms with Crippen LogP contribution in [0.15, 0.2) is 22.6 Å². The third-order valence-electron chi connectivity index (χ3n) is 1.71.